The summed E-state index contributed by atoms with van der Waals surface area (Å²) in [5, 5.41) is 3.22. The molecule has 0 unspecified atom stereocenters. The zero-order valence-electron chi connectivity index (χ0n) is 12.8. The van der Waals surface area contributed by atoms with Gasteiger partial charge in [0.05, 0.1) is 5.69 Å². The van der Waals surface area contributed by atoms with Gasteiger partial charge in [0.2, 0.25) is 5.91 Å². The first kappa shape index (κ1) is 16.3. The van der Waals surface area contributed by atoms with E-state index in [2.05, 4.69) is 5.32 Å². The van der Waals surface area contributed by atoms with E-state index in [0.29, 0.717) is 17.2 Å². The van der Waals surface area contributed by atoms with Gasteiger partial charge in [0, 0.05) is 23.4 Å². The van der Waals surface area contributed by atoms with Crippen molar-refractivity contribution in [3.05, 3.63) is 77.3 Å². The van der Waals surface area contributed by atoms with Crippen molar-refractivity contribution in [3.63, 3.8) is 0 Å². The van der Waals surface area contributed by atoms with Crippen molar-refractivity contribution in [1.82, 2.24) is 0 Å². The maximum atomic E-state index is 13.5. The van der Waals surface area contributed by atoms with Gasteiger partial charge < -0.3 is 9.73 Å². The highest BCUT2D eigenvalue weighted by atomic mass is 35.5. The van der Waals surface area contributed by atoms with Crippen LogP contribution < -0.4 is 5.32 Å². The zero-order chi connectivity index (χ0) is 16.9. The van der Waals surface area contributed by atoms with E-state index in [-0.39, 0.29) is 18.0 Å². The van der Waals surface area contributed by atoms with Crippen molar-refractivity contribution in [3.8, 4) is 11.3 Å². The van der Waals surface area contributed by atoms with Crippen molar-refractivity contribution in [2.45, 2.75) is 12.8 Å². The van der Waals surface area contributed by atoms with Crippen LogP contribution in [0.3, 0.4) is 0 Å². The number of para-hydroxylation sites is 1. The van der Waals surface area contributed by atoms with Crippen molar-refractivity contribution in [1.29, 1.82) is 0 Å². The van der Waals surface area contributed by atoms with Gasteiger partial charge in [-0.15, -0.1) is 0 Å². The number of halogens is 2. The molecule has 0 aliphatic heterocycles. The molecule has 0 radical (unpaired) electrons. The Labute approximate surface area is 144 Å². The highest BCUT2D eigenvalue weighted by molar-refractivity contribution is 6.30. The Bertz CT molecular complexity index is 843. The summed E-state index contributed by atoms with van der Waals surface area (Å²) in [4.78, 5) is 11.9. The molecule has 0 saturated carbocycles. The quantitative estimate of drug-likeness (QED) is 0.682. The first-order valence-electron chi connectivity index (χ1n) is 7.51. The predicted octanol–water partition coefficient (Wildman–Crippen LogP) is 5.31. The predicted molar refractivity (Wildman–Crippen MR) is 92.5 cm³/mol. The van der Waals surface area contributed by atoms with Gasteiger partial charge in [0.25, 0.3) is 0 Å². The van der Waals surface area contributed by atoms with Gasteiger partial charge >= 0.3 is 0 Å². The molecule has 0 fully saturated rings. The van der Waals surface area contributed by atoms with Gasteiger partial charge in [-0.3, -0.25) is 4.79 Å². The average Bonchev–Trinajstić information content (AvgIpc) is 3.05. The molecule has 0 spiro atoms. The van der Waals surface area contributed by atoms with E-state index in [1.165, 1.54) is 12.1 Å². The Morgan fingerprint density at radius 3 is 2.54 bits per heavy atom. The second-order valence-corrected chi connectivity index (χ2v) is 5.74. The van der Waals surface area contributed by atoms with Gasteiger partial charge in [-0.2, -0.15) is 0 Å². The molecule has 3 aromatic rings. The monoisotopic (exact) mass is 343 g/mol. The van der Waals surface area contributed by atoms with E-state index in [4.69, 9.17) is 16.0 Å². The average molecular weight is 344 g/mol. The maximum absolute atomic E-state index is 13.5. The van der Waals surface area contributed by atoms with Crippen LogP contribution in [0.5, 0.6) is 0 Å². The van der Waals surface area contributed by atoms with Crippen LogP contribution in [0.1, 0.15) is 12.2 Å². The Kier molecular flexibility index (Phi) is 4.96. The lowest BCUT2D eigenvalue weighted by molar-refractivity contribution is -0.116. The fraction of sp³-hybridized carbons (Fsp3) is 0.105. The number of carbonyl (C=O) groups excluding carboxylic acids is 1. The van der Waals surface area contributed by atoms with Crippen LogP contribution in [0.15, 0.2) is 65.1 Å². The third kappa shape index (κ3) is 4.03. The minimum absolute atomic E-state index is 0.184. The molecule has 5 heteroatoms. The minimum Gasteiger partial charge on any atom is -0.461 e. The summed E-state index contributed by atoms with van der Waals surface area (Å²) in [6, 6.07) is 17.1. The maximum Gasteiger partial charge on any atom is 0.224 e. The van der Waals surface area contributed by atoms with Crippen LogP contribution in [-0.4, -0.2) is 5.91 Å². The smallest absolute Gasteiger partial charge is 0.224 e. The number of benzene rings is 2. The highest BCUT2D eigenvalue weighted by Gasteiger charge is 2.09. The molecule has 0 aliphatic rings. The summed E-state index contributed by atoms with van der Waals surface area (Å²) in [7, 11) is 0. The second kappa shape index (κ2) is 7.32. The topological polar surface area (TPSA) is 42.2 Å². The third-order valence-corrected chi connectivity index (χ3v) is 3.79. The van der Waals surface area contributed by atoms with Crippen molar-refractivity contribution in [2.24, 2.45) is 0 Å². The third-order valence-electron chi connectivity index (χ3n) is 3.54. The molecule has 0 bridgehead atoms. The molecular weight excluding hydrogens is 329 g/mol. The molecule has 1 aromatic heterocycles. The largest absolute Gasteiger partial charge is 0.461 e. The van der Waals surface area contributed by atoms with Gasteiger partial charge in [-0.25, -0.2) is 4.39 Å². The van der Waals surface area contributed by atoms with Gasteiger partial charge in [0.1, 0.15) is 17.3 Å². The number of amides is 1. The van der Waals surface area contributed by atoms with E-state index >= 15 is 0 Å². The van der Waals surface area contributed by atoms with Crippen LogP contribution in [0, 0.1) is 5.82 Å². The normalized spacial score (nSPS) is 10.6. The SMILES string of the molecule is O=C(CCc1ccc(-c2ccc(Cl)cc2)o1)Nc1ccccc1F. The Balaban J connectivity index is 1.58. The summed E-state index contributed by atoms with van der Waals surface area (Å²) in [6.45, 7) is 0. The zero-order valence-corrected chi connectivity index (χ0v) is 13.5. The molecule has 122 valence electrons. The number of hydrogen-bond donors (Lipinski definition) is 1. The highest BCUT2D eigenvalue weighted by Crippen LogP contribution is 2.24. The Morgan fingerprint density at radius 2 is 1.79 bits per heavy atom. The molecule has 2 aromatic carbocycles. The van der Waals surface area contributed by atoms with E-state index in [1.54, 1.807) is 24.3 Å². The summed E-state index contributed by atoms with van der Waals surface area (Å²) in [6.07, 6.45) is 0.649. The summed E-state index contributed by atoms with van der Waals surface area (Å²) in [5.41, 5.74) is 1.10. The lowest BCUT2D eigenvalue weighted by atomic mass is 10.2. The lowest BCUT2D eigenvalue weighted by Gasteiger charge is -2.05. The standard InChI is InChI=1S/C19H15ClFNO2/c20-14-7-5-13(6-8-14)18-11-9-15(24-18)10-12-19(23)22-17-4-2-1-3-16(17)21/h1-9,11H,10,12H2,(H,22,23). The first-order valence-corrected chi connectivity index (χ1v) is 7.88. The van der Waals surface area contributed by atoms with Crippen LogP contribution in [-0.2, 0) is 11.2 Å². The molecular formula is C19H15ClFNO2. The minimum atomic E-state index is -0.450. The van der Waals surface area contributed by atoms with Gasteiger partial charge in [0.15, 0.2) is 0 Å². The number of rotatable bonds is 5. The number of nitrogens with one attached hydrogen (secondary N) is 1. The number of hydrogen-bond acceptors (Lipinski definition) is 2. The van der Waals surface area contributed by atoms with Crippen LogP contribution in [0.25, 0.3) is 11.3 Å². The molecule has 1 amide bonds. The van der Waals surface area contributed by atoms with Crippen LogP contribution >= 0.6 is 11.6 Å². The second-order valence-electron chi connectivity index (χ2n) is 5.30. The number of carbonyl (C=O) groups is 1. The first-order chi connectivity index (χ1) is 11.6. The van der Waals surface area contributed by atoms with Gasteiger partial charge in [-0.1, -0.05) is 23.7 Å². The van der Waals surface area contributed by atoms with E-state index in [9.17, 15) is 9.18 Å². The molecule has 0 atom stereocenters. The molecule has 1 heterocycles. The summed E-state index contributed by atoms with van der Waals surface area (Å²) < 4.78 is 19.2. The lowest BCUT2D eigenvalue weighted by Crippen LogP contribution is -2.13. The van der Waals surface area contributed by atoms with E-state index in [1.807, 2.05) is 24.3 Å². The van der Waals surface area contributed by atoms with Gasteiger partial charge in [-0.05, 0) is 48.5 Å². The molecule has 3 nitrogen and oxygen atoms in total. The summed E-state index contributed by atoms with van der Waals surface area (Å²) >= 11 is 5.86. The molecule has 0 saturated heterocycles. The van der Waals surface area contributed by atoms with Crippen LogP contribution in [0.4, 0.5) is 10.1 Å². The number of anilines is 1. The van der Waals surface area contributed by atoms with Crippen molar-refractivity contribution >= 4 is 23.2 Å². The van der Waals surface area contributed by atoms with E-state index < -0.39 is 5.82 Å². The summed E-state index contributed by atoms with van der Waals surface area (Å²) in [5.74, 6) is 0.707. The van der Waals surface area contributed by atoms with Crippen LogP contribution in [0.2, 0.25) is 5.02 Å². The molecule has 24 heavy (non-hydrogen) atoms. The van der Waals surface area contributed by atoms with Crippen molar-refractivity contribution < 1.29 is 13.6 Å². The Hall–Kier alpha value is -2.59. The number of aryl methyl sites for hydroxylation is 1. The molecule has 1 N–H and O–H groups in total. The molecule has 0 aliphatic carbocycles. The fourth-order valence-corrected chi connectivity index (χ4v) is 2.42. The van der Waals surface area contributed by atoms with Crippen molar-refractivity contribution in [2.75, 3.05) is 5.32 Å². The fourth-order valence-electron chi connectivity index (χ4n) is 2.29. The van der Waals surface area contributed by atoms with E-state index in [0.717, 1.165) is 11.3 Å². The molecule has 3 rings (SSSR count). The number of furan rings is 1. The Morgan fingerprint density at radius 1 is 1.04 bits per heavy atom.